The average molecular weight is 686 g/mol. The first kappa shape index (κ1) is 36.5. The van der Waals surface area contributed by atoms with E-state index in [-0.39, 0.29) is 72.9 Å². The molecule has 0 atom stereocenters. The highest BCUT2D eigenvalue weighted by Gasteiger charge is 2.47. The molecule has 0 spiro atoms. The van der Waals surface area contributed by atoms with Crippen LogP contribution in [0.1, 0.15) is 69.4 Å². The van der Waals surface area contributed by atoms with E-state index in [4.69, 9.17) is 16.3 Å². The Morgan fingerprint density at radius 3 is 2.31 bits per heavy atom. The Kier molecular flexibility index (Phi) is 11.2. The molecule has 9 nitrogen and oxygen atoms in total. The highest BCUT2D eigenvalue weighted by Crippen LogP contribution is 2.43. The number of alkyl halides is 5. The van der Waals surface area contributed by atoms with E-state index < -0.39 is 62.8 Å². The van der Waals surface area contributed by atoms with E-state index in [1.165, 1.54) is 16.8 Å². The molecule has 1 aromatic heterocycles. The summed E-state index contributed by atoms with van der Waals surface area (Å²) in [5.74, 6) is -1.82. The second kappa shape index (κ2) is 13.8. The molecule has 0 aliphatic heterocycles. The Morgan fingerprint density at radius 2 is 1.80 bits per heavy atom. The van der Waals surface area contributed by atoms with Crippen LogP contribution in [0.25, 0.3) is 11.3 Å². The smallest absolute Gasteiger partial charge is 0.394 e. The number of carbonyl (C=O) groups is 2. The van der Waals surface area contributed by atoms with Crippen LogP contribution in [0.2, 0.25) is 5.02 Å². The van der Waals surface area contributed by atoms with E-state index >= 15 is 0 Å². The maximum absolute atomic E-state index is 13.5. The highest BCUT2D eigenvalue weighted by molar-refractivity contribution is 7.91. The second-order valence-electron chi connectivity index (χ2n) is 11.8. The fourth-order valence-electron chi connectivity index (χ4n) is 5.39. The van der Waals surface area contributed by atoms with E-state index in [0.29, 0.717) is 0 Å². The summed E-state index contributed by atoms with van der Waals surface area (Å²) in [6, 6.07) is 3.69. The summed E-state index contributed by atoms with van der Waals surface area (Å²) in [7, 11) is -3.33. The van der Waals surface area contributed by atoms with Crippen LogP contribution < -0.4 is 10.1 Å². The minimum absolute atomic E-state index is 0.0235. The molecule has 2 aromatic rings. The number of ether oxygens (including phenoxy) is 2. The lowest BCUT2D eigenvalue weighted by atomic mass is 9.73. The van der Waals surface area contributed by atoms with Crippen LogP contribution in [0.4, 0.5) is 22.0 Å². The number of aromatic nitrogens is 2. The molecule has 0 radical (unpaired) electrons. The molecule has 1 heterocycles. The van der Waals surface area contributed by atoms with Crippen LogP contribution in [-0.4, -0.2) is 67.5 Å². The van der Waals surface area contributed by atoms with E-state index in [2.05, 4.69) is 15.2 Å². The Balaban J connectivity index is 1.95. The first-order valence-corrected chi connectivity index (χ1v) is 16.6. The topological polar surface area (TPSA) is 117 Å². The number of halogens is 6. The number of sulfone groups is 1. The van der Waals surface area contributed by atoms with Gasteiger partial charge in [0.1, 0.15) is 15.6 Å². The largest absolute Gasteiger partial charge is 0.466 e. The van der Waals surface area contributed by atoms with Gasteiger partial charge in [-0.2, -0.15) is 27.1 Å². The molecule has 1 amide bonds. The summed E-state index contributed by atoms with van der Waals surface area (Å²) < 4.78 is 103. The normalized spacial score (nSPS) is 19.4. The van der Waals surface area contributed by atoms with Crippen LogP contribution in [0, 0.1) is 10.8 Å². The van der Waals surface area contributed by atoms with Gasteiger partial charge in [-0.05, 0) is 63.6 Å². The first-order chi connectivity index (χ1) is 20.8. The molecule has 0 bridgehead atoms. The maximum atomic E-state index is 13.5. The van der Waals surface area contributed by atoms with Crippen molar-refractivity contribution in [2.75, 3.05) is 19.4 Å². The van der Waals surface area contributed by atoms with Crippen molar-refractivity contribution in [2.24, 2.45) is 10.8 Å². The second-order valence-corrected chi connectivity index (χ2v) is 14.5. The zero-order valence-corrected chi connectivity index (χ0v) is 27.1. The third-order valence-corrected chi connectivity index (χ3v) is 10.2. The third-order valence-electron chi connectivity index (χ3n) is 8.13. The zero-order valence-electron chi connectivity index (χ0n) is 25.6. The Morgan fingerprint density at radius 1 is 1.18 bits per heavy atom. The van der Waals surface area contributed by atoms with Gasteiger partial charge in [0, 0.05) is 24.9 Å². The van der Waals surface area contributed by atoms with Crippen LogP contribution in [0.3, 0.4) is 0 Å². The molecule has 1 saturated carbocycles. The quantitative estimate of drug-likeness (QED) is 0.208. The van der Waals surface area contributed by atoms with Crippen LogP contribution in [0.15, 0.2) is 18.2 Å². The van der Waals surface area contributed by atoms with Gasteiger partial charge in [0.05, 0.1) is 33.4 Å². The lowest BCUT2D eigenvalue weighted by Gasteiger charge is -2.37. The lowest BCUT2D eigenvalue weighted by Crippen LogP contribution is -2.47. The van der Waals surface area contributed by atoms with Crippen molar-refractivity contribution >= 4 is 33.3 Å². The summed E-state index contributed by atoms with van der Waals surface area (Å²) in [6.07, 6.45) is -3.23. The van der Waals surface area contributed by atoms with Gasteiger partial charge in [0.15, 0.2) is 5.69 Å². The van der Waals surface area contributed by atoms with Crippen molar-refractivity contribution in [1.82, 2.24) is 15.1 Å². The molecule has 252 valence electrons. The number of aryl methyl sites for hydroxylation is 1. The van der Waals surface area contributed by atoms with E-state index in [0.717, 1.165) is 26.2 Å². The molecule has 1 fully saturated rings. The summed E-state index contributed by atoms with van der Waals surface area (Å²) in [5.41, 5.74) is -3.55. The van der Waals surface area contributed by atoms with Crippen molar-refractivity contribution in [3.8, 4) is 17.0 Å². The fraction of sp³-hybridized carbons (Fsp3) is 0.621. The predicted molar refractivity (Wildman–Crippen MR) is 157 cm³/mol. The van der Waals surface area contributed by atoms with Crippen molar-refractivity contribution in [3.05, 3.63) is 34.5 Å². The number of hydrogen-bond acceptors (Lipinski definition) is 7. The first-order valence-electron chi connectivity index (χ1n) is 14.3. The molecular weight excluding hydrogens is 649 g/mol. The van der Waals surface area contributed by atoms with Gasteiger partial charge < -0.3 is 14.8 Å². The minimum atomic E-state index is -4.55. The van der Waals surface area contributed by atoms with E-state index in [9.17, 15) is 40.0 Å². The van der Waals surface area contributed by atoms with Crippen molar-refractivity contribution in [3.63, 3.8) is 0 Å². The van der Waals surface area contributed by atoms with Crippen LogP contribution in [0.5, 0.6) is 5.75 Å². The lowest BCUT2D eigenvalue weighted by molar-refractivity contribution is -0.211. The van der Waals surface area contributed by atoms with Crippen molar-refractivity contribution in [2.45, 2.75) is 84.4 Å². The van der Waals surface area contributed by atoms with Gasteiger partial charge >= 0.3 is 18.8 Å². The Bertz CT molecular complexity index is 1500. The Hall–Kier alpha value is -2.94. The van der Waals surface area contributed by atoms with E-state index in [1.807, 2.05) is 0 Å². The van der Waals surface area contributed by atoms with Gasteiger partial charge in [-0.3, -0.25) is 14.3 Å². The number of nitrogens with zero attached hydrogens (tertiary/aromatic N) is 2. The minimum Gasteiger partial charge on any atom is -0.466 e. The van der Waals surface area contributed by atoms with Gasteiger partial charge in [0.25, 0.3) is 5.91 Å². The zero-order chi connectivity index (χ0) is 34.0. The molecule has 3 rings (SSSR count). The molecule has 1 aliphatic rings. The van der Waals surface area contributed by atoms with E-state index in [1.54, 1.807) is 13.8 Å². The molecular formula is C29H37ClF5N3O6S. The maximum Gasteiger partial charge on any atom is 0.394 e. The fourth-order valence-corrected chi connectivity index (χ4v) is 6.81. The van der Waals surface area contributed by atoms with Crippen LogP contribution in [-0.2, 0) is 32.3 Å². The highest BCUT2D eigenvalue weighted by atomic mass is 35.5. The third kappa shape index (κ3) is 8.27. The van der Waals surface area contributed by atoms with Gasteiger partial charge in [-0.1, -0.05) is 31.5 Å². The number of hydrogen-bond donors (Lipinski definition) is 1. The Labute approximate surface area is 263 Å². The number of amides is 1. The van der Waals surface area contributed by atoms with Gasteiger partial charge in [-0.25, -0.2) is 8.42 Å². The van der Waals surface area contributed by atoms with Gasteiger partial charge in [0.2, 0.25) is 0 Å². The van der Waals surface area contributed by atoms with Gasteiger partial charge in [-0.15, -0.1) is 0 Å². The number of nitrogens with one attached hydrogen (secondary N) is 1. The predicted octanol–water partition coefficient (Wildman–Crippen LogP) is 6.22. The standard InChI is InChI=1S/C29H37ClF5N3O6S/c1-6-38-23(19-9-8-17(14-20(19)44-26(31)32)15-27(3,4)29(33,34)35)21(30)22(37-38)24(39)36-16-28(25(40)43-7-2)12-10-18(11-13-28)45(5,41)42/h8-9,14,18,26H,6-7,10-13,15-16H2,1-5H3,(H,36,39). The molecule has 0 saturated heterocycles. The molecule has 16 heteroatoms. The van der Waals surface area contributed by atoms with Crippen molar-refractivity contribution < 1.29 is 49.4 Å². The summed E-state index contributed by atoms with van der Waals surface area (Å²) >= 11 is 6.60. The molecule has 1 aromatic carbocycles. The number of benzene rings is 1. The number of carbonyl (C=O) groups excluding carboxylic acids is 2. The SMILES string of the molecule is CCOC(=O)C1(CNC(=O)c2nn(CC)c(-c3ccc(CC(C)(C)C(F)(F)F)cc3OC(F)F)c2Cl)CCC(S(C)(=O)=O)CC1. The average Bonchev–Trinajstić information content (AvgIpc) is 3.26. The number of esters is 1. The molecule has 45 heavy (non-hydrogen) atoms. The summed E-state index contributed by atoms with van der Waals surface area (Å²) in [4.78, 5) is 26.3. The molecule has 1 N–H and O–H groups in total. The van der Waals surface area contributed by atoms with Crippen LogP contribution >= 0.6 is 11.6 Å². The van der Waals surface area contributed by atoms with Crippen molar-refractivity contribution in [1.29, 1.82) is 0 Å². The monoisotopic (exact) mass is 685 g/mol. The molecule has 0 unspecified atom stereocenters. The summed E-state index contributed by atoms with van der Waals surface area (Å²) in [5, 5.41) is 6.03. The molecule has 1 aliphatic carbocycles. The summed E-state index contributed by atoms with van der Waals surface area (Å²) in [6.45, 7) is 1.95. The number of rotatable bonds is 12.